The zero-order chi connectivity index (χ0) is 10.6. The molecule has 1 rings (SSSR count). The fraction of sp³-hybridized carbons (Fsp3) is 0.727. The van der Waals surface area contributed by atoms with Crippen molar-refractivity contribution in [2.24, 2.45) is 0 Å². The molecule has 0 amide bonds. The standard InChI is InChI=1S/C11H19NO2/c1-4-14-11(13)9-6-5-7-10(8-9)12(2)3/h8,10H,4-7H2,1-3H3/t10-/m1/s1. The van der Waals surface area contributed by atoms with Gasteiger partial charge in [-0.1, -0.05) is 6.08 Å². The zero-order valence-corrected chi connectivity index (χ0v) is 9.25. The van der Waals surface area contributed by atoms with E-state index in [0.29, 0.717) is 12.6 Å². The minimum absolute atomic E-state index is 0.140. The molecule has 3 heteroatoms. The Morgan fingerprint density at radius 1 is 1.64 bits per heavy atom. The van der Waals surface area contributed by atoms with Crippen molar-refractivity contribution >= 4 is 5.97 Å². The smallest absolute Gasteiger partial charge is 0.333 e. The molecule has 80 valence electrons. The maximum Gasteiger partial charge on any atom is 0.333 e. The Morgan fingerprint density at radius 2 is 2.36 bits per heavy atom. The topological polar surface area (TPSA) is 29.5 Å². The quantitative estimate of drug-likeness (QED) is 0.643. The summed E-state index contributed by atoms with van der Waals surface area (Å²) in [6.07, 6.45) is 5.12. The van der Waals surface area contributed by atoms with Crippen LogP contribution in [-0.4, -0.2) is 37.6 Å². The third-order valence-corrected chi connectivity index (χ3v) is 2.54. The van der Waals surface area contributed by atoms with Gasteiger partial charge in [-0.3, -0.25) is 0 Å². The van der Waals surface area contributed by atoms with Crippen molar-refractivity contribution in [2.45, 2.75) is 32.2 Å². The highest BCUT2D eigenvalue weighted by Crippen LogP contribution is 2.21. The van der Waals surface area contributed by atoms with E-state index in [1.165, 1.54) is 0 Å². The Balaban J connectivity index is 2.63. The fourth-order valence-corrected chi connectivity index (χ4v) is 1.70. The molecule has 0 bridgehead atoms. The van der Waals surface area contributed by atoms with E-state index in [4.69, 9.17) is 4.74 Å². The van der Waals surface area contributed by atoms with Crippen LogP contribution in [-0.2, 0) is 9.53 Å². The van der Waals surface area contributed by atoms with Crippen molar-refractivity contribution < 1.29 is 9.53 Å². The molecular formula is C11H19NO2. The number of hydrogen-bond donors (Lipinski definition) is 0. The predicted octanol–water partition coefficient (Wildman–Crippen LogP) is 1.59. The molecule has 0 radical (unpaired) electrons. The Labute approximate surface area is 85.7 Å². The molecule has 0 aromatic heterocycles. The van der Waals surface area contributed by atoms with Crippen molar-refractivity contribution in [1.82, 2.24) is 4.90 Å². The van der Waals surface area contributed by atoms with Gasteiger partial charge in [0.2, 0.25) is 0 Å². The average molecular weight is 197 g/mol. The summed E-state index contributed by atoms with van der Waals surface area (Å²) in [5.41, 5.74) is 0.844. The van der Waals surface area contributed by atoms with Gasteiger partial charge in [0.1, 0.15) is 0 Å². The Hall–Kier alpha value is -0.830. The van der Waals surface area contributed by atoms with Gasteiger partial charge in [-0.15, -0.1) is 0 Å². The third-order valence-electron chi connectivity index (χ3n) is 2.54. The predicted molar refractivity (Wildman–Crippen MR) is 56.0 cm³/mol. The number of esters is 1. The monoisotopic (exact) mass is 197 g/mol. The zero-order valence-electron chi connectivity index (χ0n) is 9.25. The molecule has 0 saturated heterocycles. The van der Waals surface area contributed by atoms with Crippen LogP contribution in [0.25, 0.3) is 0 Å². The number of carbonyl (C=O) groups is 1. The van der Waals surface area contributed by atoms with Gasteiger partial charge in [-0.25, -0.2) is 4.79 Å². The second-order valence-electron chi connectivity index (χ2n) is 3.84. The number of nitrogens with zero attached hydrogens (tertiary/aromatic N) is 1. The molecule has 0 unspecified atom stereocenters. The Bertz CT molecular complexity index is 233. The summed E-state index contributed by atoms with van der Waals surface area (Å²) in [6, 6.07) is 0.392. The summed E-state index contributed by atoms with van der Waals surface area (Å²) < 4.78 is 4.98. The Kier molecular flexibility index (Phi) is 4.14. The lowest BCUT2D eigenvalue weighted by atomic mass is 9.95. The van der Waals surface area contributed by atoms with Crippen LogP contribution in [0.4, 0.5) is 0 Å². The SMILES string of the molecule is CCOC(=O)C1=C[C@H](N(C)C)CCC1. The Morgan fingerprint density at radius 3 is 2.93 bits per heavy atom. The van der Waals surface area contributed by atoms with Crippen molar-refractivity contribution in [1.29, 1.82) is 0 Å². The number of carbonyl (C=O) groups excluding carboxylic acids is 1. The highest BCUT2D eigenvalue weighted by atomic mass is 16.5. The molecule has 14 heavy (non-hydrogen) atoms. The lowest BCUT2D eigenvalue weighted by Gasteiger charge is -2.25. The van der Waals surface area contributed by atoms with Crippen LogP contribution in [0.2, 0.25) is 0 Å². The molecule has 0 spiro atoms. The molecule has 0 aliphatic heterocycles. The summed E-state index contributed by atoms with van der Waals surface area (Å²) in [7, 11) is 4.07. The van der Waals surface area contributed by atoms with E-state index in [1.807, 2.05) is 27.1 Å². The summed E-state index contributed by atoms with van der Waals surface area (Å²) in [5, 5.41) is 0. The van der Waals surface area contributed by atoms with Crippen LogP contribution in [0.3, 0.4) is 0 Å². The van der Waals surface area contributed by atoms with E-state index in [2.05, 4.69) is 4.90 Å². The van der Waals surface area contributed by atoms with Crippen molar-refractivity contribution in [3.8, 4) is 0 Å². The van der Waals surface area contributed by atoms with Gasteiger partial charge >= 0.3 is 5.97 Å². The largest absolute Gasteiger partial charge is 0.463 e. The van der Waals surface area contributed by atoms with Crippen LogP contribution in [0.1, 0.15) is 26.2 Å². The molecule has 1 aliphatic carbocycles. The maximum absolute atomic E-state index is 11.5. The first-order chi connectivity index (χ1) is 6.65. The fourth-order valence-electron chi connectivity index (χ4n) is 1.70. The van der Waals surface area contributed by atoms with Crippen LogP contribution in [0, 0.1) is 0 Å². The average Bonchev–Trinajstić information content (AvgIpc) is 2.18. The first-order valence-corrected chi connectivity index (χ1v) is 5.19. The van der Waals surface area contributed by atoms with E-state index < -0.39 is 0 Å². The number of ether oxygens (including phenoxy) is 1. The number of hydrogen-bond acceptors (Lipinski definition) is 3. The number of rotatable bonds is 3. The van der Waals surface area contributed by atoms with Gasteiger partial charge in [0.15, 0.2) is 0 Å². The van der Waals surface area contributed by atoms with Crippen LogP contribution in [0.15, 0.2) is 11.6 Å². The molecule has 1 aliphatic rings. The molecule has 0 aromatic rings. The lowest BCUT2D eigenvalue weighted by Crippen LogP contribution is -2.29. The summed E-state index contributed by atoms with van der Waals surface area (Å²) >= 11 is 0. The van der Waals surface area contributed by atoms with Gasteiger partial charge in [0.05, 0.1) is 6.61 Å². The molecule has 0 aromatic carbocycles. The first-order valence-electron chi connectivity index (χ1n) is 5.19. The number of likely N-dealkylation sites (N-methyl/N-ethyl adjacent to an activating group) is 1. The maximum atomic E-state index is 11.5. The molecule has 0 saturated carbocycles. The van der Waals surface area contributed by atoms with E-state index in [9.17, 15) is 4.79 Å². The van der Waals surface area contributed by atoms with Crippen LogP contribution in [0.5, 0.6) is 0 Å². The molecule has 0 N–H and O–H groups in total. The van der Waals surface area contributed by atoms with E-state index in [0.717, 1.165) is 24.8 Å². The minimum atomic E-state index is -0.140. The molecule has 3 nitrogen and oxygen atoms in total. The van der Waals surface area contributed by atoms with E-state index in [-0.39, 0.29) is 5.97 Å². The first kappa shape index (κ1) is 11.2. The van der Waals surface area contributed by atoms with Gasteiger partial charge in [-0.2, -0.15) is 0 Å². The normalized spacial score (nSPS) is 22.0. The van der Waals surface area contributed by atoms with Gasteiger partial charge in [0, 0.05) is 11.6 Å². The summed E-state index contributed by atoms with van der Waals surface area (Å²) in [4.78, 5) is 13.6. The van der Waals surface area contributed by atoms with Crippen molar-refractivity contribution in [3.05, 3.63) is 11.6 Å². The van der Waals surface area contributed by atoms with Gasteiger partial charge < -0.3 is 9.64 Å². The highest BCUT2D eigenvalue weighted by molar-refractivity contribution is 5.88. The highest BCUT2D eigenvalue weighted by Gasteiger charge is 2.19. The van der Waals surface area contributed by atoms with Gasteiger partial charge in [-0.05, 0) is 40.3 Å². The van der Waals surface area contributed by atoms with E-state index in [1.54, 1.807) is 0 Å². The van der Waals surface area contributed by atoms with Crippen LogP contribution >= 0.6 is 0 Å². The summed E-state index contributed by atoms with van der Waals surface area (Å²) in [6.45, 7) is 2.30. The molecular weight excluding hydrogens is 178 g/mol. The van der Waals surface area contributed by atoms with Gasteiger partial charge in [0.25, 0.3) is 0 Å². The molecule has 1 atom stereocenters. The van der Waals surface area contributed by atoms with Crippen molar-refractivity contribution in [2.75, 3.05) is 20.7 Å². The molecule has 0 fully saturated rings. The summed E-state index contributed by atoms with van der Waals surface area (Å²) in [5.74, 6) is -0.140. The van der Waals surface area contributed by atoms with Crippen molar-refractivity contribution in [3.63, 3.8) is 0 Å². The minimum Gasteiger partial charge on any atom is -0.463 e. The third kappa shape index (κ3) is 2.84. The molecule has 0 heterocycles. The van der Waals surface area contributed by atoms with Crippen LogP contribution < -0.4 is 0 Å². The second kappa shape index (κ2) is 5.15. The second-order valence-corrected chi connectivity index (χ2v) is 3.84. The lowest BCUT2D eigenvalue weighted by molar-refractivity contribution is -0.138. The van der Waals surface area contributed by atoms with E-state index >= 15 is 0 Å².